The van der Waals surface area contributed by atoms with Crippen LogP contribution in [0.2, 0.25) is 10.0 Å². The molecule has 0 saturated carbocycles. The van der Waals surface area contributed by atoms with Crippen LogP contribution < -0.4 is 10.7 Å². The van der Waals surface area contributed by atoms with Crippen LogP contribution in [0.15, 0.2) is 73.4 Å². The summed E-state index contributed by atoms with van der Waals surface area (Å²) in [5, 5.41) is 10.6. The molecule has 0 aliphatic heterocycles. The predicted octanol–water partition coefficient (Wildman–Crippen LogP) is 4.28. The SMILES string of the molecule is O=C(Nn1cnnc1)c1ccc(C(=O)Nc2ccc(Cl)c(-c3ccccn3)c2)c(Cl)c1. The number of benzene rings is 2. The zero-order chi connectivity index (χ0) is 21.8. The third-order valence-corrected chi connectivity index (χ3v) is 4.93. The molecule has 154 valence electrons. The Morgan fingerprint density at radius 1 is 0.871 bits per heavy atom. The van der Waals surface area contributed by atoms with Crippen molar-refractivity contribution in [2.24, 2.45) is 0 Å². The molecule has 10 heteroatoms. The third kappa shape index (κ3) is 4.71. The molecule has 0 aliphatic carbocycles. The molecule has 0 saturated heterocycles. The molecule has 2 aromatic carbocycles. The van der Waals surface area contributed by atoms with Crippen molar-refractivity contribution in [3.63, 3.8) is 0 Å². The average molecular weight is 453 g/mol. The van der Waals surface area contributed by atoms with Crippen molar-refractivity contribution in [2.45, 2.75) is 0 Å². The topological polar surface area (TPSA) is 102 Å². The molecule has 0 radical (unpaired) electrons. The summed E-state index contributed by atoms with van der Waals surface area (Å²) in [5.74, 6) is -0.851. The lowest BCUT2D eigenvalue weighted by atomic mass is 10.1. The van der Waals surface area contributed by atoms with E-state index in [0.29, 0.717) is 22.0 Å². The minimum Gasteiger partial charge on any atom is -0.322 e. The molecule has 0 aliphatic rings. The lowest BCUT2D eigenvalue weighted by Gasteiger charge is -2.11. The van der Waals surface area contributed by atoms with E-state index in [4.69, 9.17) is 23.2 Å². The molecule has 2 N–H and O–H groups in total. The highest BCUT2D eigenvalue weighted by atomic mass is 35.5. The van der Waals surface area contributed by atoms with Gasteiger partial charge in [0.05, 0.1) is 21.3 Å². The molecule has 2 aromatic heterocycles. The summed E-state index contributed by atoms with van der Waals surface area (Å²) >= 11 is 12.6. The number of nitrogens with one attached hydrogen (secondary N) is 2. The molecule has 0 atom stereocenters. The number of nitrogens with zero attached hydrogens (tertiary/aromatic N) is 4. The lowest BCUT2D eigenvalue weighted by Crippen LogP contribution is -2.22. The average Bonchev–Trinajstić information content (AvgIpc) is 3.28. The van der Waals surface area contributed by atoms with Crippen LogP contribution in [-0.2, 0) is 0 Å². The van der Waals surface area contributed by atoms with E-state index in [9.17, 15) is 9.59 Å². The molecule has 2 heterocycles. The standard InChI is InChI=1S/C21H14Cl2N6O2/c22-17-7-5-14(10-16(17)19-3-1-2-8-24-19)27-21(31)15-6-4-13(9-18(15)23)20(30)28-29-11-25-26-12-29/h1-12H,(H,27,31)(H,28,30). The summed E-state index contributed by atoms with van der Waals surface area (Å²) in [6, 6.07) is 15.0. The van der Waals surface area contributed by atoms with Crippen LogP contribution >= 0.6 is 23.2 Å². The summed E-state index contributed by atoms with van der Waals surface area (Å²) in [6.07, 6.45) is 4.34. The van der Waals surface area contributed by atoms with Gasteiger partial charge in [-0.25, -0.2) is 4.68 Å². The Kier molecular flexibility index (Phi) is 5.92. The van der Waals surface area contributed by atoms with E-state index in [0.717, 1.165) is 0 Å². The maximum atomic E-state index is 12.7. The van der Waals surface area contributed by atoms with Gasteiger partial charge in [0, 0.05) is 23.0 Å². The van der Waals surface area contributed by atoms with E-state index in [-0.39, 0.29) is 16.1 Å². The molecule has 31 heavy (non-hydrogen) atoms. The molecular weight excluding hydrogens is 439 g/mol. The highest BCUT2D eigenvalue weighted by Gasteiger charge is 2.15. The van der Waals surface area contributed by atoms with Crippen LogP contribution in [0.25, 0.3) is 11.3 Å². The van der Waals surface area contributed by atoms with Crippen LogP contribution in [0.5, 0.6) is 0 Å². The first-order valence-electron chi connectivity index (χ1n) is 8.99. The number of amides is 2. The molecule has 0 unspecified atom stereocenters. The number of carbonyl (C=O) groups is 2. The van der Waals surface area contributed by atoms with Gasteiger partial charge < -0.3 is 5.32 Å². The molecule has 4 aromatic rings. The number of anilines is 1. The minimum absolute atomic E-state index is 0.132. The van der Waals surface area contributed by atoms with Crippen molar-refractivity contribution in [3.8, 4) is 11.3 Å². The predicted molar refractivity (Wildman–Crippen MR) is 118 cm³/mol. The first-order valence-corrected chi connectivity index (χ1v) is 9.75. The number of aromatic nitrogens is 4. The number of halogens is 2. The van der Waals surface area contributed by atoms with Gasteiger partial charge in [0.2, 0.25) is 0 Å². The molecule has 0 bridgehead atoms. The first kappa shape index (κ1) is 20.5. The maximum absolute atomic E-state index is 12.7. The molecular formula is C21H14Cl2N6O2. The summed E-state index contributed by atoms with van der Waals surface area (Å²) < 4.78 is 1.30. The van der Waals surface area contributed by atoms with E-state index < -0.39 is 11.8 Å². The number of hydrogen-bond acceptors (Lipinski definition) is 5. The Morgan fingerprint density at radius 3 is 2.39 bits per heavy atom. The summed E-state index contributed by atoms with van der Waals surface area (Å²) in [7, 11) is 0. The Labute approximate surface area is 186 Å². The van der Waals surface area contributed by atoms with Gasteiger partial charge in [-0.1, -0.05) is 29.3 Å². The van der Waals surface area contributed by atoms with E-state index in [1.165, 1.54) is 35.5 Å². The van der Waals surface area contributed by atoms with Crippen molar-refractivity contribution >= 4 is 40.7 Å². The van der Waals surface area contributed by atoms with Gasteiger partial charge >= 0.3 is 0 Å². The Bertz CT molecular complexity index is 1250. The van der Waals surface area contributed by atoms with Crippen LogP contribution in [0, 0.1) is 0 Å². The van der Waals surface area contributed by atoms with Crippen molar-refractivity contribution in [1.82, 2.24) is 19.9 Å². The van der Waals surface area contributed by atoms with Crippen LogP contribution in [-0.4, -0.2) is 31.7 Å². The maximum Gasteiger partial charge on any atom is 0.270 e. The quantitative estimate of drug-likeness (QED) is 0.470. The Hall–Kier alpha value is -3.75. The monoisotopic (exact) mass is 452 g/mol. The van der Waals surface area contributed by atoms with E-state index in [1.807, 2.05) is 12.1 Å². The Morgan fingerprint density at radius 2 is 1.68 bits per heavy atom. The summed E-state index contributed by atoms with van der Waals surface area (Å²) in [5.41, 5.74) is 4.95. The smallest absolute Gasteiger partial charge is 0.270 e. The van der Waals surface area contributed by atoms with Gasteiger partial charge in [-0.05, 0) is 48.5 Å². The zero-order valence-corrected chi connectivity index (χ0v) is 17.3. The molecule has 8 nitrogen and oxygen atoms in total. The minimum atomic E-state index is -0.426. The summed E-state index contributed by atoms with van der Waals surface area (Å²) in [4.78, 5) is 29.3. The fraction of sp³-hybridized carbons (Fsp3) is 0. The van der Waals surface area contributed by atoms with Crippen molar-refractivity contribution in [2.75, 3.05) is 10.7 Å². The normalized spacial score (nSPS) is 10.5. The zero-order valence-electron chi connectivity index (χ0n) is 15.8. The number of pyridine rings is 1. The lowest BCUT2D eigenvalue weighted by molar-refractivity contribution is 0.100. The molecule has 2 amide bonds. The van der Waals surface area contributed by atoms with E-state index >= 15 is 0 Å². The third-order valence-electron chi connectivity index (χ3n) is 4.29. The highest BCUT2D eigenvalue weighted by molar-refractivity contribution is 6.35. The highest BCUT2D eigenvalue weighted by Crippen LogP contribution is 2.29. The number of carbonyl (C=O) groups excluding carboxylic acids is 2. The summed E-state index contributed by atoms with van der Waals surface area (Å²) in [6.45, 7) is 0. The second kappa shape index (κ2) is 8.95. The van der Waals surface area contributed by atoms with Crippen molar-refractivity contribution in [3.05, 3.63) is 94.6 Å². The van der Waals surface area contributed by atoms with Gasteiger partial charge in [0.1, 0.15) is 12.7 Å². The molecule has 4 rings (SSSR count). The second-order valence-corrected chi connectivity index (χ2v) is 7.18. The Balaban J connectivity index is 1.52. The van der Waals surface area contributed by atoms with Gasteiger partial charge in [-0.15, -0.1) is 10.2 Å². The van der Waals surface area contributed by atoms with Crippen LogP contribution in [0.3, 0.4) is 0 Å². The largest absolute Gasteiger partial charge is 0.322 e. The molecule has 0 spiro atoms. The van der Waals surface area contributed by atoms with Gasteiger partial charge in [-0.3, -0.25) is 20.0 Å². The fourth-order valence-electron chi connectivity index (χ4n) is 2.80. The first-order chi connectivity index (χ1) is 15.0. The van der Waals surface area contributed by atoms with Crippen LogP contribution in [0.1, 0.15) is 20.7 Å². The van der Waals surface area contributed by atoms with E-state index in [2.05, 4.69) is 25.9 Å². The van der Waals surface area contributed by atoms with Crippen molar-refractivity contribution < 1.29 is 9.59 Å². The van der Waals surface area contributed by atoms with Gasteiger partial charge in [0.25, 0.3) is 11.8 Å². The van der Waals surface area contributed by atoms with Crippen LogP contribution in [0.4, 0.5) is 5.69 Å². The van der Waals surface area contributed by atoms with Crippen molar-refractivity contribution in [1.29, 1.82) is 0 Å². The van der Waals surface area contributed by atoms with Gasteiger partial charge in [0.15, 0.2) is 0 Å². The van der Waals surface area contributed by atoms with Gasteiger partial charge in [-0.2, -0.15) is 0 Å². The number of rotatable bonds is 5. The molecule has 0 fully saturated rings. The fourth-order valence-corrected chi connectivity index (χ4v) is 3.28. The second-order valence-electron chi connectivity index (χ2n) is 6.37. The van der Waals surface area contributed by atoms with E-state index in [1.54, 1.807) is 30.5 Å². The number of hydrogen-bond donors (Lipinski definition) is 2.